The van der Waals surface area contributed by atoms with Gasteiger partial charge in [-0.3, -0.25) is 14.4 Å². The van der Waals surface area contributed by atoms with Gasteiger partial charge in [-0.2, -0.15) is 0 Å². The van der Waals surface area contributed by atoms with Crippen LogP contribution in [0.25, 0.3) is 5.76 Å². The van der Waals surface area contributed by atoms with E-state index in [4.69, 9.17) is 11.5 Å². The molecule has 0 aliphatic heterocycles. The van der Waals surface area contributed by atoms with Crippen LogP contribution in [0.3, 0.4) is 0 Å². The third kappa shape index (κ3) is 3.38. The number of aromatic hydroxyl groups is 1. The number of Topliss-reactive ketones (excluding diaryl/α,β-unsaturated/α-hetero) is 2. The summed E-state index contributed by atoms with van der Waals surface area (Å²) in [4.78, 5) is 37.7. The SMILES string of the molecule is NC(=O)C1=C(O)[C@@]2(O)C(=O)C3=C(O)c4c(O)ccc(CCc5ccc(N)cc5)c4C[C@H]3C[C@H]2CC1=O. The number of aliphatic hydroxyl groups excluding tert-OH is 2. The van der Waals surface area contributed by atoms with Crippen LogP contribution in [0.4, 0.5) is 5.69 Å². The number of rotatable bonds is 4. The highest BCUT2D eigenvalue weighted by Crippen LogP contribution is 2.52. The summed E-state index contributed by atoms with van der Waals surface area (Å²) >= 11 is 0. The zero-order valence-electron chi connectivity index (χ0n) is 19.3. The van der Waals surface area contributed by atoms with Crippen molar-refractivity contribution in [2.75, 3.05) is 5.73 Å². The number of carbonyl (C=O) groups excluding carboxylic acids is 3. The Morgan fingerprint density at radius 2 is 1.69 bits per heavy atom. The molecule has 0 spiro atoms. The summed E-state index contributed by atoms with van der Waals surface area (Å²) < 4.78 is 0. The maximum absolute atomic E-state index is 13.5. The number of phenols is 1. The molecule has 36 heavy (non-hydrogen) atoms. The van der Waals surface area contributed by atoms with E-state index in [0.717, 1.165) is 11.1 Å². The summed E-state index contributed by atoms with van der Waals surface area (Å²) in [6.45, 7) is 0. The Morgan fingerprint density at radius 3 is 2.36 bits per heavy atom. The molecule has 8 N–H and O–H groups in total. The predicted molar refractivity (Wildman–Crippen MR) is 130 cm³/mol. The van der Waals surface area contributed by atoms with Crippen molar-refractivity contribution in [2.45, 2.75) is 37.7 Å². The molecule has 0 heterocycles. The van der Waals surface area contributed by atoms with Gasteiger partial charge in [-0.1, -0.05) is 18.2 Å². The van der Waals surface area contributed by atoms with Gasteiger partial charge in [0.1, 0.15) is 22.8 Å². The normalized spacial score (nSPS) is 25.4. The monoisotopic (exact) mass is 490 g/mol. The molecule has 0 radical (unpaired) electrons. The molecule has 2 aromatic carbocycles. The molecule has 9 nitrogen and oxygen atoms in total. The summed E-state index contributed by atoms with van der Waals surface area (Å²) in [7, 11) is 0. The fourth-order valence-electron chi connectivity index (χ4n) is 5.88. The molecule has 5 rings (SSSR count). The summed E-state index contributed by atoms with van der Waals surface area (Å²) in [6.07, 6.45) is 1.35. The number of hydrogen-bond donors (Lipinski definition) is 6. The Balaban J connectivity index is 1.57. The van der Waals surface area contributed by atoms with Crippen LogP contribution in [0.15, 0.2) is 53.3 Å². The third-order valence-electron chi connectivity index (χ3n) is 7.71. The van der Waals surface area contributed by atoms with Crippen molar-refractivity contribution in [3.05, 3.63) is 75.6 Å². The Morgan fingerprint density at radius 1 is 1.00 bits per heavy atom. The lowest BCUT2D eigenvalue weighted by molar-refractivity contribution is -0.147. The van der Waals surface area contributed by atoms with Crippen LogP contribution < -0.4 is 11.5 Å². The predicted octanol–water partition coefficient (Wildman–Crippen LogP) is 1.79. The molecule has 9 heteroatoms. The highest BCUT2D eigenvalue weighted by molar-refractivity contribution is 6.22. The van der Waals surface area contributed by atoms with Crippen molar-refractivity contribution in [1.29, 1.82) is 0 Å². The Labute approximate surface area is 206 Å². The minimum Gasteiger partial charge on any atom is -0.508 e. The number of anilines is 1. The lowest BCUT2D eigenvalue weighted by Gasteiger charge is -2.46. The Hall–Kier alpha value is -4.11. The molecule has 2 aromatic rings. The van der Waals surface area contributed by atoms with Gasteiger partial charge in [0.2, 0.25) is 5.78 Å². The lowest BCUT2D eigenvalue weighted by Crippen LogP contribution is -2.58. The van der Waals surface area contributed by atoms with Crippen molar-refractivity contribution in [3.63, 3.8) is 0 Å². The van der Waals surface area contributed by atoms with E-state index in [1.165, 1.54) is 6.07 Å². The number of phenolic OH excluding ortho intramolecular Hbond substituents is 1. The van der Waals surface area contributed by atoms with Gasteiger partial charge in [0, 0.05) is 23.6 Å². The first kappa shape index (κ1) is 23.6. The molecule has 1 fully saturated rings. The minimum atomic E-state index is -2.56. The molecule has 3 aliphatic carbocycles. The van der Waals surface area contributed by atoms with E-state index in [1.54, 1.807) is 6.07 Å². The average Bonchev–Trinajstić information content (AvgIpc) is 2.81. The van der Waals surface area contributed by atoms with Crippen molar-refractivity contribution in [2.24, 2.45) is 17.6 Å². The van der Waals surface area contributed by atoms with Gasteiger partial charge < -0.3 is 31.9 Å². The van der Waals surface area contributed by atoms with Gasteiger partial charge in [0.15, 0.2) is 11.4 Å². The van der Waals surface area contributed by atoms with Crippen LogP contribution in [0.1, 0.15) is 35.1 Å². The van der Waals surface area contributed by atoms with E-state index in [-0.39, 0.29) is 29.7 Å². The van der Waals surface area contributed by atoms with Gasteiger partial charge in [-0.05, 0) is 66.5 Å². The van der Waals surface area contributed by atoms with E-state index >= 15 is 0 Å². The van der Waals surface area contributed by atoms with Gasteiger partial charge in [0.05, 0.1) is 5.56 Å². The van der Waals surface area contributed by atoms with Gasteiger partial charge in [-0.25, -0.2) is 0 Å². The number of benzene rings is 2. The summed E-state index contributed by atoms with van der Waals surface area (Å²) in [5.41, 5.74) is 10.9. The lowest BCUT2D eigenvalue weighted by atomic mass is 9.59. The second-order valence-corrected chi connectivity index (χ2v) is 9.75. The molecule has 0 bridgehead atoms. The number of nitrogen functional groups attached to an aromatic ring is 1. The number of aryl methyl sites for hydroxylation is 2. The molecule has 1 amide bonds. The molecular weight excluding hydrogens is 464 g/mol. The van der Waals surface area contributed by atoms with Gasteiger partial charge >= 0.3 is 0 Å². The zero-order valence-corrected chi connectivity index (χ0v) is 19.3. The standard InChI is InChI=1S/C27H26N2O7/c28-16-6-2-12(3-7-16)1-4-13-5-8-18(30)21-17(13)10-14-9-15-11-19(31)22(26(29)35)25(34)27(15,36)24(33)20(14)23(21)32/h2-3,5-8,14-15,30,32,34,36H,1,4,9-11,28H2,(H2,29,35)/t14-,15+,27+/m1/s1. The molecule has 3 atom stereocenters. The van der Waals surface area contributed by atoms with E-state index < -0.39 is 52.0 Å². The molecule has 0 saturated heterocycles. The number of ketones is 2. The van der Waals surface area contributed by atoms with E-state index in [1.807, 2.05) is 24.3 Å². The molecule has 0 aromatic heterocycles. The van der Waals surface area contributed by atoms with E-state index in [2.05, 4.69) is 0 Å². The smallest absolute Gasteiger partial charge is 0.255 e. The fourth-order valence-corrected chi connectivity index (χ4v) is 5.88. The molecular formula is C27H26N2O7. The minimum absolute atomic E-state index is 0.107. The maximum Gasteiger partial charge on any atom is 0.255 e. The first-order valence-electron chi connectivity index (χ1n) is 11.7. The first-order chi connectivity index (χ1) is 17.0. The third-order valence-corrected chi connectivity index (χ3v) is 7.71. The molecule has 1 saturated carbocycles. The number of carbonyl (C=O) groups is 3. The maximum atomic E-state index is 13.5. The Kier molecular flexibility index (Phi) is 5.40. The highest BCUT2D eigenvalue weighted by Gasteiger charge is 2.60. The number of fused-ring (bicyclic) bond motifs is 3. The van der Waals surface area contributed by atoms with E-state index in [9.17, 15) is 34.8 Å². The first-order valence-corrected chi connectivity index (χ1v) is 11.7. The van der Waals surface area contributed by atoms with Crippen molar-refractivity contribution < 1.29 is 34.8 Å². The van der Waals surface area contributed by atoms with Crippen LogP contribution in [-0.2, 0) is 33.6 Å². The van der Waals surface area contributed by atoms with E-state index in [0.29, 0.717) is 30.5 Å². The van der Waals surface area contributed by atoms with Crippen molar-refractivity contribution >= 4 is 28.9 Å². The average molecular weight is 491 g/mol. The van der Waals surface area contributed by atoms with Crippen LogP contribution in [0.5, 0.6) is 5.75 Å². The van der Waals surface area contributed by atoms with Crippen LogP contribution in [-0.4, -0.2) is 43.5 Å². The highest BCUT2D eigenvalue weighted by atomic mass is 16.3. The topological polar surface area (TPSA) is 184 Å². The zero-order chi connectivity index (χ0) is 25.9. The van der Waals surface area contributed by atoms with Crippen LogP contribution in [0.2, 0.25) is 0 Å². The number of aliphatic hydroxyl groups is 3. The van der Waals surface area contributed by atoms with Crippen molar-refractivity contribution in [1.82, 2.24) is 0 Å². The summed E-state index contributed by atoms with van der Waals surface area (Å²) in [6, 6.07) is 10.7. The number of primary amides is 1. The van der Waals surface area contributed by atoms with Crippen molar-refractivity contribution in [3.8, 4) is 5.75 Å². The van der Waals surface area contributed by atoms with Crippen LogP contribution in [0, 0.1) is 11.8 Å². The summed E-state index contributed by atoms with van der Waals surface area (Å²) in [5, 5.41) is 43.7. The molecule has 0 unspecified atom stereocenters. The van der Waals surface area contributed by atoms with Gasteiger partial charge in [0.25, 0.3) is 5.91 Å². The largest absolute Gasteiger partial charge is 0.508 e. The number of hydrogen-bond acceptors (Lipinski definition) is 8. The Bertz CT molecular complexity index is 1390. The van der Waals surface area contributed by atoms with Gasteiger partial charge in [-0.15, -0.1) is 0 Å². The second kappa shape index (κ2) is 8.23. The summed E-state index contributed by atoms with van der Waals surface area (Å²) in [5.74, 6) is -6.29. The molecule has 3 aliphatic rings. The quantitative estimate of drug-likeness (QED) is 0.277. The fraction of sp³-hybridized carbons (Fsp3) is 0.296. The molecule has 186 valence electrons. The second-order valence-electron chi connectivity index (χ2n) is 9.75. The van der Waals surface area contributed by atoms with Crippen LogP contribution >= 0.6 is 0 Å². The number of nitrogens with two attached hydrogens (primary N) is 2. The number of amides is 1.